The van der Waals surface area contributed by atoms with Crippen LogP contribution in [0, 0.1) is 11.8 Å². The van der Waals surface area contributed by atoms with Crippen molar-refractivity contribution in [2.75, 3.05) is 13.2 Å². The Kier molecular flexibility index (Phi) is 36.3. The molecule has 1 N–H and O–H groups in total. The van der Waals surface area contributed by atoms with Crippen molar-refractivity contribution in [2.24, 2.45) is 11.8 Å². The number of ether oxygens (including phenoxy) is 2. The molecule has 0 aromatic heterocycles. The molecule has 0 saturated heterocycles. The Morgan fingerprint density at radius 3 is 1.17 bits per heavy atom. The van der Waals surface area contributed by atoms with Crippen LogP contribution in [0.15, 0.2) is 0 Å². The molecule has 0 aliphatic carbocycles. The smallest absolute Gasteiger partial charge is 0.306 e. The van der Waals surface area contributed by atoms with Crippen molar-refractivity contribution in [3.63, 3.8) is 0 Å². The van der Waals surface area contributed by atoms with Crippen LogP contribution in [0.5, 0.6) is 0 Å². The van der Waals surface area contributed by atoms with Crippen LogP contribution in [0.3, 0.4) is 0 Å². The monoisotopic (exact) mass is 681 g/mol. The molecule has 0 aromatic rings. The summed E-state index contributed by atoms with van der Waals surface area (Å²) in [6.45, 7) is 8.91. The van der Waals surface area contributed by atoms with Gasteiger partial charge in [-0.3, -0.25) is 9.59 Å². The van der Waals surface area contributed by atoms with Gasteiger partial charge >= 0.3 is 11.9 Å². The van der Waals surface area contributed by atoms with Crippen LogP contribution in [0.25, 0.3) is 0 Å². The quantitative estimate of drug-likeness (QED) is 0.0519. The van der Waals surface area contributed by atoms with Crippen molar-refractivity contribution in [3.8, 4) is 0 Å². The van der Waals surface area contributed by atoms with Crippen molar-refractivity contribution in [1.29, 1.82) is 0 Å². The van der Waals surface area contributed by atoms with Crippen LogP contribution in [-0.2, 0) is 19.1 Å². The fraction of sp³-hybridized carbons (Fsp3) is 0.953. The fourth-order valence-electron chi connectivity index (χ4n) is 6.48. The maximum absolute atomic E-state index is 12.2. The Morgan fingerprint density at radius 1 is 0.479 bits per heavy atom. The van der Waals surface area contributed by atoms with Gasteiger partial charge in [-0.2, -0.15) is 0 Å². The average molecular weight is 681 g/mol. The van der Waals surface area contributed by atoms with Crippen LogP contribution in [0.4, 0.5) is 0 Å². The first-order valence-electron chi connectivity index (χ1n) is 21.3. The van der Waals surface area contributed by atoms with Gasteiger partial charge in [-0.1, -0.05) is 207 Å². The van der Waals surface area contributed by atoms with Gasteiger partial charge in [-0.05, 0) is 24.7 Å². The minimum Gasteiger partial charge on any atom is -0.462 e. The summed E-state index contributed by atoms with van der Waals surface area (Å²) in [6.07, 6.45) is 38.7. The number of hydrogen-bond donors (Lipinski definition) is 1. The van der Waals surface area contributed by atoms with Crippen molar-refractivity contribution < 1.29 is 24.2 Å². The summed E-state index contributed by atoms with van der Waals surface area (Å²) in [4.78, 5) is 24.3. The number of aliphatic hydroxyl groups is 1. The lowest BCUT2D eigenvalue weighted by molar-refractivity contribution is -0.161. The van der Waals surface area contributed by atoms with Crippen molar-refractivity contribution >= 4 is 11.9 Å². The van der Waals surface area contributed by atoms with Crippen LogP contribution in [0.1, 0.15) is 233 Å². The van der Waals surface area contributed by atoms with Gasteiger partial charge in [0, 0.05) is 12.8 Å². The molecule has 0 fully saturated rings. The highest BCUT2D eigenvalue weighted by Gasteiger charge is 2.16. The second-order valence-corrected chi connectivity index (χ2v) is 15.5. The number of hydrogen-bond acceptors (Lipinski definition) is 5. The van der Waals surface area contributed by atoms with Gasteiger partial charge in [-0.25, -0.2) is 0 Å². The first kappa shape index (κ1) is 46.9. The average Bonchev–Trinajstić information content (AvgIpc) is 3.07. The van der Waals surface area contributed by atoms with E-state index in [9.17, 15) is 14.7 Å². The van der Waals surface area contributed by atoms with E-state index in [-0.39, 0.29) is 25.2 Å². The molecule has 5 heteroatoms. The zero-order valence-electron chi connectivity index (χ0n) is 32.9. The second-order valence-electron chi connectivity index (χ2n) is 15.5. The van der Waals surface area contributed by atoms with E-state index in [0.717, 1.165) is 43.9 Å². The third kappa shape index (κ3) is 36.2. The van der Waals surface area contributed by atoms with E-state index in [0.29, 0.717) is 12.8 Å². The first-order chi connectivity index (χ1) is 23.4. The van der Waals surface area contributed by atoms with Crippen molar-refractivity contribution in [1.82, 2.24) is 0 Å². The Balaban J connectivity index is 3.49. The summed E-state index contributed by atoms with van der Waals surface area (Å²) in [5.74, 6) is 1.17. The summed E-state index contributed by atoms with van der Waals surface area (Å²) in [6, 6.07) is 0. The largest absolute Gasteiger partial charge is 0.462 e. The summed E-state index contributed by atoms with van der Waals surface area (Å²) < 4.78 is 10.6. The Labute approximate surface area is 299 Å². The highest BCUT2D eigenvalue weighted by molar-refractivity contribution is 5.70. The van der Waals surface area contributed by atoms with E-state index < -0.39 is 6.10 Å². The molecule has 1 unspecified atom stereocenters. The lowest BCUT2D eigenvalue weighted by Crippen LogP contribution is -2.28. The zero-order valence-corrected chi connectivity index (χ0v) is 32.9. The fourth-order valence-corrected chi connectivity index (χ4v) is 6.48. The summed E-state index contributed by atoms with van der Waals surface area (Å²) in [5, 5.41) is 9.57. The summed E-state index contributed by atoms with van der Waals surface area (Å²) >= 11 is 0. The van der Waals surface area contributed by atoms with Crippen LogP contribution >= 0.6 is 0 Å². The Bertz CT molecular complexity index is 678. The highest BCUT2D eigenvalue weighted by atomic mass is 16.6. The molecule has 0 radical (unpaired) electrons. The Hall–Kier alpha value is -1.10. The predicted octanol–water partition coefficient (Wildman–Crippen LogP) is 13.2. The molecule has 0 rings (SSSR count). The number of unbranched alkanes of at least 4 members (excludes halogenated alkanes) is 25. The molecule has 0 aromatic carbocycles. The molecule has 2 atom stereocenters. The predicted molar refractivity (Wildman–Crippen MR) is 205 cm³/mol. The van der Waals surface area contributed by atoms with E-state index >= 15 is 0 Å². The van der Waals surface area contributed by atoms with E-state index in [1.807, 2.05) is 0 Å². The van der Waals surface area contributed by atoms with Gasteiger partial charge in [0.1, 0.15) is 6.61 Å². The topological polar surface area (TPSA) is 72.8 Å². The van der Waals surface area contributed by atoms with E-state index in [1.165, 1.54) is 161 Å². The highest BCUT2D eigenvalue weighted by Crippen LogP contribution is 2.17. The van der Waals surface area contributed by atoms with E-state index in [2.05, 4.69) is 27.7 Å². The van der Waals surface area contributed by atoms with Crippen LogP contribution in [0.2, 0.25) is 0 Å². The number of rotatable bonds is 38. The lowest BCUT2D eigenvalue weighted by atomic mass is 9.99. The molecule has 0 bridgehead atoms. The molecule has 286 valence electrons. The Morgan fingerprint density at radius 2 is 0.812 bits per heavy atom. The maximum Gasteiger partial charge on any atom is 0.306 e. The van der Waals surface area contributed by atoms with Crippen molar-refractivity contribution in [3.05, 3.63) is 0 Å². The molecule has 0 aliphatic heterocycles. The van der Waals surface area contributed by atoms with Gasteiger partial charge < -0.3 is 14.6 Å². The van der Waals surface area contributed by atoms with Gasteiger partial charge in [0.25, 0.3) is 0 Å². The van der Waals surface area contributed by atoms with Crippen molar-refractivity contribution in [2.45, 2.75) is 239 Å². The second kappa shape index (κ2) is 37.2. The summed E-state index contributed by atoms with van der Waals surface area (Å²) in [7, 11) is 0. The van der Waals surface area contributed by atoms with Crippen LogP contribution < -0.4 is 0 Å². The first-order valence-corrected chi connectivity index (χ1v) is 21.3. The molecular weight excluding hydrogens is 596 g/mol. The number of carbonyl (C=O) groups excluding carboxylic acids is 2. The SMILES string of the molecule is CCC(C)CCCCCCCCCCCCCCCCC(=O)OC[C@H](CO)OC(=O)CCCCCCCCCCCCCCCC(C)C. The molecule has 5 nitrogen and oxygen atoms in total. The van der Waals surface area contributed by atoms with E-state index in [4.69, 9.17) is 9.47 Å². The maximum atomic E-state index is 12.2. The minimum absolute atomic E-state index is 0.0581. The molecule has 0 saturated carbocycles. The molecule has 0 amide bonds. The zero-order chi connectivity index (χ0) is 35.3. The number of esters is 2. The standard InChI is InChI=1S/C43H84O5/c1-5-40(4)34-30-26-22-18-14-10-6-7-11-15-19-23-27-31-35-42(45)47-38-41(37-44)48-43(46)36-32-28-24-20-16-12-8-9-13-17-21-25-29-33-39(2)3/h39-41,44H,5-38H2,1-4H3/t40?,41-/m0/s1. The van der Waals surface area contributed by atoms with E-state index in [1.54, 1.807) is 0 Å². The third-order valence-electron chi connectivity index (χ3n) is 10.1. The van der Waals surface area contributed by atoms with Crippen LogP contribution in [-0.4, -0.2) is 36.4 Å². The molecule has 0 aliphatic rings. The van der Waals surface area contributed by atoms with Gasteiger partial charge in [0.05, 0.1) is 6.61 Å². The van der Waals surface area contributed by atoms with Gasteiger partial charge in [-0.15, -0.1) is 0 Å². The summed E-state index contributed by atoms with van der Waals surface area (Å²) in [5.41, 5.74) is 0. The number of aliphatic hydroxyl groups excluding tert-OH is 1. The van der Waals surface area contributed by atoms with Gasteiger partial charge in [0.15, 0.2) is 6.10 Å². The van der Waals surface area contributed by atoms with Gasteiger partial charge in [0.2, 0.25) is 0 Å². The minimum atomic E-state index is -0.763. The molecule has 0 spiro atoms. The molecule has 48 heavy (non-hydrogen) atoms. The lowest BCUT2D eigenvalue weighted by Gasteiger charge is -2.15. The molecular formula is C43H84O5. The normalized spacial score (nSPS) is 12.8. The number of carbonyl (C=O) groups is 2. The molecule has 0 heterocycles. The third-order valence-corrected chi connectivity index (χ3v) is 10.1.